The van der Waals surface area contributed by atoms with Gasteiger partial charge in [-0.2, -0.15) is 0 Å². The summed E-state index contributed by atoms with van der Waals surface area (Å²) in [4.78, 5) is 15.8. The molecule has 118 valence electrons. The van der Waals surface area contributed by atoms with Crippen LogP contribution in [0.25, 0.3) is 16.4 Å². The van der Waals surface area contributed by atoms with E-state index in [2.05, 4.69) is 19.9 Å². The van der Waals surface area contributed by atoms with Gasteiger partial charge in [-0.1, -0.05) is 0 Å². The SMILES string of the molecule is COc1c(C)cc(-c2csc(-n3cccc3C=O)n2)c(C)c1C. The number of benzene rings is 1. The third-order valence-electron chi connectivity index (χ3n) is 4.11. The molecular weight excluding hydrogens is 308 g/mol. The fourth-order valence-electron chi connectivity index (χ4n) is 2.80. The largest absolute Gasteiger partial charge is 0.496 e. The number of nitrogens with zero attached hydrogens (tertiary/aromatic N) is 2. The summed E-state index contributed by atoms with van der Waals surface area (Å²) in [7, 11) is 1.70. The van der Waals surface area contributed by atoms with Gasteiger partial charge in [0.2, 0.25) is 0 Å². The fraction of sp³-hybridized carbons (Fsp3) is 0.222. The number of rotatable bonds is 4. The summed E-state index contributed by atoms with van der Waals surface area (Å²) in [6, 6.07) is 5.73. The standard InChI is InChI=1S/C18H18N2O2S/c1-11-8-15(12(2)13(3)17(11)22-4)16-10-23-18(19-16)20-7-5-6-14(20)9-21/h5-10H,1-4H3. The molecule has 0 N–H and O–H groups in total. The lowest BCUT2D eigenvalue weighted by atomic mass is 9.97. The van der Waals surface area contributed by atoms with E-state index in [1.54, 1.807) is 17.7 Å². The molecule has 0 unspecified atom stereocenters. The minimum Gasteiger partial charge on any atom is -0.496 e. The van der Waals surface area contributed by atoms with Crippen molar-refractivity contribution in [1.82, 2.24) is 9.55 Å². The minimum atomic E-state index is 0.602. The van der Waals surface area contributed by atoms with Crippen LogP contribution in [0.3, 0.4) is 0 Å². The van der Waals surface area contributed by atoms with Crippen LogP contribution in [0.15, 0.2) is 29.8 Å². The molecule has 0 radical (unpaired) electrons. The first-order valence-corrected chi connectivity index (χ1v) is 8.18. The van der Waals surface area contributed by atoms with Gasteiger partial charge < -0.3 is 4.74 Å². The molecule has 0 aliphatic heterocycles. The van der Waals surface area contributed by atoms with Crippen LogP contribution in [0.5, 0.6) is 5.75 Å². The van der Waals surface area contributed by atoms with Crippen LogP contribution in [0, 0.1) is 20.8 Å². The zero-order valence-corrected chi connectivity index (χ0v) is 14.4. The van der Waals surface area contributed by atoms with E-state index in [1.807, 2.05) is 24.6 Å². The van der Waals surface area contributed by atoms with Gasteiger partial charge in [-0.25, -0.2) is 4.98 Å². The second-order valence-electron chi connectivity index (χ2n) is 5.46. The molecule has 0 aliphatic carbocycles. The van der Waals surface area contributed by atoms with Crippen LogP contribution >= 0.6 is 11.3 Å². The van der Waals surface area contributed by atoms with Gasteiger partial charge in [-0.3, -0.25) is 9.36 Å². The molecule has 0 aliphatic rings. The van der Waals surface area contributed by atoms with E-state index >= 15 is 0 Å². The van der Waals surface area contributed by atoms with Crippen LogP contribution in [-0.4, -0.2) is 22.9 Å². The van der Waals surface area contributed by atoms with Crippen LogP contribution < -0.4 is 4.74 Å². The van der Waals surface area contributed by atoms with Gasteiger partial charge in [0.05, 0.1) is 18.5 Å². The number of thiazole rings is 1. The van der Waals surface area contributed by atoms with E-state index in [0.29, 0.717) is 5.69 Å². The average molecular weight is 326 g/mol. The Labute approximate surface area is 139 Å². The second-order valence-corrected chi connectivity index (χ2v) is 6.30. The van der Waals surface area contributed by atoms with E-state index in [-0.39, 0.29) is 0 Å². The smallest absolute Gasteiger partial charge is 0.194 e. The van der Waals surface area contributed by atoms with Crippen molar-refractivity contribution in [2.45, 2.75) is 20.8 Å². The number of carbonyl (C=O) groups is 1. The van der Waals surface area contributed by atoms with E-state index in [4.69, 9.17) is 9.72 Å². The third-order valence-corrected chi connectivity index (χ3v) is 4.95. The Morgan fingerprint density at radius 2 is 2.04 bits per heavy atom. The third kappa shape index (κ3) is 2.57. The van der Waals surface area contributed by atoms with Crippen molar-refractivity contribution >= 4 is 17.6 Å². The predicted octanol–water partition coefficient (Wildman–Crippen LogP) is 4.35. The lowest BCUT2D eigenvalue weighted by Gasteiger charge is -2.14. The zero-order chi connectivity index (χ0) is 16.6. The Hall–Kier alpha value is -2.40. The van der Waals surface area contributed by atoms with Crippen molar-refractivity contribution in [2.24, 2.45) is 0 Å². The van der Waals surface area contributed by atoms with Gasteiger partial charge in [0.15, 0.2) is 11.4 Å². The molecule has 23 heavy (non-hydrogen) atoms. The van der Waals surface area contributed by atoms with Crippen molar-refractivity contribution in [3.8, 4) is 22.1 Å². The molecule has 2 heterocycles. The topological polar surface area (TPSA) is 44.1 Å². The Morgan fingerprint density at radius 1 is 1.26 bits per heavy atom. The summed E-state index contributed by atoms with van der Waals surface area (Å²) in [6.07, 6.45) is 2.69. The van der Waals surface area contributed by atoms with Gasteiger partial charge in [0.25, 0.3) is 0 Å². The molecule has 0 spiro atoms. The number of aromatic nitrogens is 2. The maximum atomic E-state index is 11.1. The number of carbonyl (C=O) groups excluding carboxylic acids is 1. The molecule has 1 aromatic carbocycles. The van der Waals surface area contributed by atoms with Gasteiger partial charge in [-0.05, 0) is 55.7 Å². The first-order valence-electron chi connectivity index (χ1n) is 7.30. The van der Waals surface area contributed by atoms with Gasteiger partial charge in [0, 0.05) is 17.1 Å². The number of aryl methyl sites for hydroxylation is 1. The second kappa shape index (κ2) is 6.01. The van der Waals surface area contributed by atoms with E-state index in [0.717, 1.165) is 45.1 Å². The van der Waals surface area contributed by atoms with Crippen LogP contribution in [0.1, 0.15) is 27.2 Å². The van der Waals surface area contributed by atoms with Gasteiger partial charge in [-0.15, -0.1) is 11.3 Å². The summed E-state index contributed by atoms with van der Waals surface area (Å²) in [5.74, 6) is 0.926. The Kier molecular flexibility index (Phi) is 4.05. The number of methoxy groups -OCH3 is 1. The highest BCUT2D eigenvalue weighted by atomic mass is 32.1. The van der Waals surface area contributed by atoms with Crippen molar-refractivity contribution in [2.75, 3.05) is 7.11 Å². The van der Waals surface area contributed by atoms with Gasteiger partial charge >= 0.3 is 0 Å². The Balaban J connectivity index is 2.09. The molecule has 3 aromatic rings. The normalized spacial score (nSPS) is 10.8. The molecule has 0 amide bonds. The van der Waals surface area contributed by atoms with Crippen LogP contribution in [0.4, 0.5) is 0 Å². The minimum absolute atomic E-state index is 0.602. The maximum Gasteiger partial charge on any atom is 0.194 e. The Morgan fingerprint density at radius 3 is 2.74 bits per heavy atom. The molecule has 5 heteroatoms. The molecule has 2 aromatic heterocycles. The first-order chi connectivity index (χ1) is 11.1. The van der Waals surface area contributed by atoms with Crippen LogP contribution in [0.2, 0.25) is 0 Å². The first kappa shape index (κ1) is 15.5. The van der Waals surface area contributed by atoms with E-state index in [9.17, 15) is 4.79 Å². The molecule has 0 atom stereocenters. The van der Waals surface area contributed by atoms with Crippen molar-refractivity contribution in [1.29, 1.82) is 0 Å². The highest BCUT2D eigenvalue weighted by Crippen LogP contribution is 2.35. The van der Waals surface area contributed by atoms with Crippen LogP contribution in [-0.2, 0) is 0 Å². The summed E-state index contributed by atoms with van der Waals surface area (Å²) >= 11 is 1.52. The molecular formula is C18H18N2O2S. The molecule has 0 saturated heterocycles. The molecule has 0 fully saturated rings. The number of ether oxygens (including phenoxy) is 1. The summed E-state index contributed by atoms with van der Waals surface area (Å²) < 4.78 is 7.29. The molecule has 4 nitrogen and oxygen atoms in total. The molecule has 3 rings (SSSR count). The average Bonchev–Trinajstić information content (AvgIpc) is 3.19. The molecule has 0 bridgehead atoms. The van der Waals surface area contributed by atoms with E-state index in [1.165, 1.54) is 11.3 Å². The van der Waals surface area contributed by atoms with Crippen molar-refractivity contribution in [3.63, 3.8) is 0 Å². The van der Waals surface area contributed by atoms with E-state index < -0.39 is 0 Å². The quantitative estimate of drug-likeness (QED) is 0.670. The highest BCUT2D eigenvalue weighted by molar-refractivity contribution is 7.12. The van der Waals surface area contributed by atoms with Crippen molar-refractivity contribution in [3.05, 3.63) is 52.2 Å². The number of hydrogen-bond acceptors (Lipinski definition) is 4. The Bertz CT molecular complexity index is 877. The lowest BCUT2D eigenvalue weighted by Crippen LogP contribution is -1.98. The van der Waals surface area contributed by atoms with Crippen molar-refractivity contribution < 1.29 is 9.53 Å². The summed E-state index contributed by atoms with van der Waals surface area (Å²) in [6.45, 7) is 6.19. The maximum absolute atomic E-state index is 11.1. The monoisotopic (exact) mass is 326 g/mol. The predicted molar refractivity (Wildman–Crippen MR) is 93.0 cm³/mol. The molecule has 0 saturated carbocycles. The van der Waals surface area contributed by atoms with Gasteiger partial charge in [0.1, 0.15) is 5.75 Å². The summed E-state index contributed by atoms with van der Waals surface area (Å²) in [5.41, 5.74) is 6.00. The number of hydrogen-bond donors (Lipinski definition) is 0. The number of aldehydes is 1. The lowest BCUT2D eigenvalue weighted by molar-refractivity contribution is 0.111. The zero-order valence-electron chi connectivity index (χ0n) is 13.6. The summed E-state index contributed by atoms with van der Waals surface area (Å²) in [5, 5.41) is 2.81. The highest BCUT2D eigenvalue weighted by Gasteiger charge is 2.15. The fourth-order valence-corrected chi connectivity index (χ4v) is 3.63.